The number of ether oxygens (including phenoxy) is 1. The van der Waals surface area contributed by atoms with Crippen LogP contribution in [-0.4, -0.2) is 36.7 Å². The molecule has 0 saturated carbocycles. The molecule has 0 aliphatic rings. The standard InChI is InChI=1S/C17H14ClF3N2O3/c1-23(10-15(24)22-13-4-2-3-12(18)9-13)16(25)11-5-7-14(8-6-11)26-17(19,20)21/h2-9H,10H2,1H3,(H,22,24). The molecule has 0 radical (unpaired) electrons. The van der Waals surface area contributed by atoms with Crippen LogP contribution in [0.3, 0.4) is 0 Å². The molecule has 138 valence electrons. The van der Waals surface area contributed by atoms with Gasteiger partial charge in [0.15, 0.2) is 0 Å². The van der Waals surface area contributed by atoms with Gasteiger partial charge in [0.1, 0.15) is 5.75 Å². The molecule has 0 aliphatic heterocycles. The Bertz CT molecular complexity index is 795. The molecule has 0 spiro atoms. The number of rotatable bonds is 5. The fraction of sp³-hybridized carbons (Fsp3) is 0.176. The lowest BCUT2D eigenvalue weighted by Gasteiger charge is -2.17. The van der Waals surface area contributed by atoms with Gasteiger partial charge in [-0.2, -0.15) is 0 Å². The first-order chi connectivity index (χ1) is 12.1. The highest BCUT2D eigenvalue weighted by atomic mass is 35.5. The number of alkyl halides is 3. The van der Waals surface area contributed by atoms with E-state index in [9.17, 15) is 22.8 Å². The van der Waals surface area contributed by atoms with Gasteiger partial charge in [0, 0.05) is 23.3 Å². The van der Waals surface area contributed by atoms with E-state index in [1.165, 1.54) is 19.2 Å². The summed E-state index contributed by atoms with van der Waals surface area (Å²) in [7, 11) is 1.40. The van der Waals surface area contributed by atoms with Crippen LogP contribution in [-0.2, 0) is 4.79 Å². The molecule has 0 fully saturated rings. The summed E-state index contributed by atoms with van der Waals surface area (Å²) in [6.45, 7) is -0.244. The van der Waals surface area contributed by atoms with Crippen LogP contribution in [0, 0.1) is 0 Å². The average molecular weight is 387 g/mol. The second-order valence-corrected chi connectivity index (χ2v) is 5.73. The molecular formula is C17H14ClF3N2O3. The molecule has 0 bridgehead atoms. The van der Waals surface area contributed by atoms with E-state index in [-0.39, 0.29) is 12.1 Å². The summed E-state index contributed by atoms with van der Waals surface area (Å²) in [6.07, 6.45) is -4.80. The van der Waals surface area contributed by atoms with Gasteiger partial charge in [-0.3, -0.25) is 9.59 Å². The zero-order chi connectivity index (χ0) is 19.3. The Morgan fingerprint density at radius 2 is 1.81 bits per heavy atom. The molecular weight excluding hydrogens is 373 g/mol. The molecule has 0 aromatic heterocycles. The fourth-order valence-corrected chi connectivity index (χ4v) is 2.26. The van der Waals surface area contributed by atoms with Crippen LogP contribution in [0.1, 0.15) is 10.4 Å². The normalized spacial score (nSPS) is 11.0. The molecule has 2 aromatic rings. The fourth-order valence-electron chi connectivity index (χ4n) is 2.07. The molecule has 2 aromatic carbocycles. The van der Waals surface area contributed by atoms with Crippen molar-refractivity contribution in [3.8, 4) is 5.75 Å². The van der Waals surface area contributed by atoms with Gasteiger partial charge in [0.25, 0.3) is 5.91 Å². The van der Waals surface area contributed by atoms with E-state index in [4.69, 9.17) is 11.6 Å². The molecule has 0 heterocycles. The van der Waals surface area contributed by atoms with Crippen LogP contribution in [0.2, 0.25) is 5.02 Å². The van der Waals surface area contributed by atoms with Gasteiger partial charge in [0.2, 0.25) is 5.91 Å². The van der Waals surface area contributed by atoms with E-state index in [1.807, 2.05) is 0 Å². The number of nitrogens with zero attached hydrogens (tertiary/aromatic N) is 1. The highest BCUT2D eigenvalue weighted by Crippen LogP contribution is 2.23. The second kappa shape index (κ2) is 8.09. The van der Waals surface area contributed by atoms with E-state index in [2.05, 4.69) is 10.1 Å². The number of benzene rings is 2. The van der Waals surface area contributed by atoms with E-state index < -0.39 is 23.9 Å². The maximum absolute atomic E-state index is 12.2. The number of nitrogens with one attached hydrogen (secondary N) is 1. The third-order valence-electron chi connectivity index (χ3n) is 3.17. The van der Waals surface area contributed by atoms with Crippen molar-refractivity contribution in [2.75, 3.05) is 18.9 Å². The first-order valence-electron chi connectivity index (χ1n) is 7.31. The highest BCUT2D eigenvalue weighted by Gasteiger charge is 2.31. The summed E-state index contributed by atoms with van der Waals surface area (Å²) in [5.41, 5.74) is 0.606. The van der Waals surface area contributed by atoms with E-state index in [0.29, 0.717) is 10.7 Å². The molecule has 26 heavy (non-hydrogen) atoms. The molecule has 2 rings (SSSR count). The van der Waals surface area contributed by atoms with E-state index in [0.717, 1.165) is 17.0 Å². The topological polar surface area (TPSA) is 58.6 Å². The van der Waals surface area contributed by atoms with Gasteiger partial charge < -0.3 is 15.0 Å². The lowest BCUT2D eigenvalue weighted by atomic mass is 10.2. The number of hydrogen-bond acceptors (Lipinski definition) is 3. The number of anilines is 1. The molecule has 0 aliphatic carbocycles. The van der Waals surface area contributed by atoms with Gasteiger partial charge >= 0.3 is 6.36 Å². The lowest BCUT2D eigenvalue weighted by Crippen LogP contribution is -2.34. The van der Waals surface area contributed by atoms with Crippen molar-refractivity contribution in [1.29, 1.82) is 0 Å². The average Bonchev–Trinajstić information content (AvgIpc) is 2.53. The van der Waals surface area contributed by atoms with Crippen molar-refractivity contribution in [1.82, 2.24) is 4.90 Å². The Kier molecular flexibility index (Phi) is 6.10. The number of carbonyl (C=O) groups excluding carboxylic acids is 2. The number of amides is 2. The Hall–Kier alpha value is -2.74. The van der Waals surface area contributed by atoms with Crippen LogP contribution in [0.4, 0.5) is 18.9 Å². The number of carbonyl (C=O) groups is 2. The van der Waals surface area contributed by atoms with E-state index >= 15 is 0 Å². The van der Waals surface area contributed by atoms with Gasteiger partial charge in [-0.25, -0.2) is 0 Å². The van der Waals surface area contributed by atoms with Crippen molar-refractivity contribution in [3.63, 3.8) is 0 Å². The number of hydrogen-bond donors (Lipinski definition) is 1. The molecule has 5 nitrogen and oxygen atoms in total. The summed E-state index contributed by atoms with van der Waals surface area (Å²) in [5, 5.41) is 3.04. The first-order valence-corrected chi connectivity index (χ1v) is 7.68. The zero-order valence-electron chi connectivity index (χ0n) is 13.5. The van der Waals surface area contributed by atoms with Crippen LogP contribution in [0.5, 0.6) is 5.75 Å². The van der Waals surface area contributed by atoms with Crippen molar-refractivity contribution in [3.05, 3.63) is 59.1 Å². The van der Waals surface area contributed by atoms with Gasteiger partial charge in [-0.15, -0.1) is 13.2 Å². The lowest BCUT2D eigenvalue weighted by molar-refractivity contribution is -0.274. The number of halogens is 4. The minimum atomic E-state index is -4.80. The summed E-state index contributed by atoms with van der Waals surface area (Å²) in [5.74, 6) is -1.40. The first kappa shape index (κ1) is 19.6. The maximum Gasteiger partial charge on any atom is 0.573 e. The smallest absolute Gasteiger partial charge is 0.406 e. The largest absolute Gasteiger partial charge is 0.573 e. The van der Waals surface area contributed by atoms with Crippen molar-refractivity contribution in [2.45, 2.75) is 6.36 Å². The Morgan fingerprint density at radius 1 is 1.15 bits per heavy atom. The van der Waals surface area contributed by atoms with Crippen LogP contribution < -0.4 is 10.1 Å². The quantitative estimate of drug-likeness (QED) is 0.846. The second-order valence-electron chi connectivity index (χ2n) is 5.29. The minimum Gasteiger partial charge on any atom is -0.406 e. The Balaban J connectivity index is 1.95. The summed E-state index contributed by atoms with van der Waals surface area (Å²) in [6, 6.07) is 11.0. The van der Waals surface area contributed by atoms with Crippen LogP contribution in [0.15, 0.2) is 48.5 Å². The minimum absolute atomic E-state index is 0.123. The Labute approximate surface area is 152 Å². The SMILES string of the molecule is CN(CC(=O)Nc1cccc(Cl)c1)C(=O)c1ccc(OC(F)(F)F)cc1. The van der Waals surface area contributed by atoms with Crippen molar-refractivity contribution >= 4 is 29.1 Å². The molecule has 1 N–H and O–H groups in total. The third kappa shape index (κ3) is 5.96. The molecule has 0 atom stereocenters. The van der Waals surface area contributed by atoms with Gasteiger partial charge in [-0.1, -0.05) is 17.7 Å². The zero-order valence-corrected chi connectivity index (χ0v) is 14.3. The Morgan fingerprint density at radius 3 is 2.38 bits per heavy atom. The van der Waals surface area contributed by atoms with Crippen LogP contribution >= 0.6 is 11.6 Å². The molecule has 2 amide bonds. The maximum atomic E-state index is 12.2. The summed E-state index contributed by atoms with van der Waals surface area (Å²) >= 11 is 5.82. The van der Waals surface area contributed by atoms with Crippen molar-refractivity contribution in [2.24, 2.45) is 0 Å². The highest BCUT2D eigenvalue weighted by molar-refractivity contribution is 6.30. The summed E-state index contributed by atoms with van der Waals surface area (Å²) in [4.78, 5) is 25.4. The predicted molar refractivity (Wildman–Crippen MR) is 90.2 cm³/mol. The van der Waals surface area contributed by atoms with E-state index in [1.54, 1.807) is 24.3 Å². The molecule has 0 unspecified atom stereocenters. The predicted octanol–water partition coefficient (Wildman–Crippen LogP) is 3.95. The van der Waals surface area contributed by atoms with Crippen molar-refractivity contribution < 1.29 is 27.5 Å². The molecule has 0 saturated heterocycles. The van der Waals surface area contributed by atoms with Crippen LogP contribution in [0.25, 0.3) is 0 Å². The molecule has 9 heteroatoms. The van der Waals surface area contributed by atoms with Gasteiger partial charge in [-0.05, 0) is 42.5 Å². The number of likely N-dealkylation sites (N-methyl/N-ethyl adjacent to an activating group) is 1. The monoisotopic (exact) mass is 386 g/mol. The third-order valence-corrected chi connectivity index (χ3v) is 3.41. The summed E-state index contributed by atoms with van der Waals surface area (Å²) < 4.78 is 40.1. The van der Waals surface area contributed by atoms with Gasteiger partial charge in [0.05, 0.1) is 6.54 Å².